The molecule has 0 saturated heterocycles. The number of amides is 3. The van der Waals surface area contributed by atoms with Crippen molar-refractivity contribution in [1.29, 1.82) is 0 Å². The highest BCUT2D eigenvalue weighted by molar-refractivity contribution is 6.53. The lowest BCUT2D eigenvalue weighted by molar-refractivity contribution is -0.120. The number of carbonyl (C=O) groups excluding carboxylic acids is 4. The number of hydrogen-bond donors (Lipinski definition) is 2. The topological polar surface area (TPSA) is 114 Å². The molecule has 0 fully saturated rings. The number of ether oxygens (including phenoxy) is 2. The summed E-state index contributed by atoms with van der Waals surface area (Å²) < 4.78 is 10.4. The van der Waals surface area contributed by atoms with Crippen LogP contribution in [0.4, 0.5) is 17.1 Å². The molecule has 0 aliphatic carbocycles. The van der Waals surface area contributed by atoms with Gasteiger partial charge in [0.25, 0.3) is 17.7 Å². The molecule has 0 aromatic heterocycles. The van der Waals surface area contributed by atoms with Crippen molar-refractivity contribution in [3.8, 4) is 5.75 Å². The number of anilines is 3. The smallest absolute Gasteiger partial charge is 0.337 e. The predicted molar refractivity (Wildman–Crippen MR) is 158 cm³/mol. The highest BCUT2D eigenvalue weighted by atomic mass is 35.5. The number of nitrogens with one attached hydrogen (secondary N) is 2. The van der Waals surface area contributed by atoms with Crippen LogP contribution in [0.1, 0.15) is 26.3 Å². The molecule has 4 aromatic rings. The fraction of sp³-hybridized carbons (Fsp3) is 0.0625. The maximum atomic E-state index is 13.1. The summed E-state index contributed by atoms with van der Waals surface area (Å²) in [6.45, 7) is 0.441. The molecule has 9 nitrogen and oxygen atoms in total. The molecule has 3 amide bonds. The Labute approximate surface area is 246 Å². The van der Waals surface area contributed by atoms with Crippen LogP contribution in [0.5, 0.6) is 5.75 Å². The SMILES string of the molecule is COC(=O)c1ccc(N2C(=O)C(Cl)=C(Nc3ccc(C(=O)Nc4ccc(OCc5ccccc5)cc4)cc3)C2=O)cc1. The van der Waals surface area contributed by atoms with Crippen LogP contribution < -0.4 is 20.3 Å². The molecule has 0 unspecified atom stereocenters. The highest BCUT2D eigenvalue weighted by Crippen LogP contribution is 2.30. The third-order valence-corrected chi connectivity index (χ3v) is 6.70. The maximum absolute atomic E-state index is 13.1. The average molecular weight is 582 g/mol. The van der Waals surface area contributed by atoms with Crippen LogP contribution in [0.3, 0.4) is 0 Å². The Hall–Kier alpha value is -5.41. The standard InChI is InChI=1S/C32H24ClN3O6/c1-41-32(40)22-9-15-25(16-10-22)36-30(38)27(33)28(31(36)39)34-23-11-7-21(8-12-23)29(37)35-24-13-17-26(18-14-24)42-19-20-5-3-2-4-6-20/h2-18,34H,19H2,1H3,(H,35,37). The third-order valence-electron chi connectivity index (χ3n) is 6.35. The Kier molecular flexibility index (Phi) is 8.31. The normalized spacial score (nSPS) is 12.8. The van der Waals surface area contributed by atoms with Crippen molar-refractivity contribution in [1.82, 2.24) is 0 Å². The Morgan fingerprint density at radius 3 is 2.02 bits per heavy atom. The van der Waals surface area contributed by atoms with E-state index in [1.807, 2.05) is 30.3 Å². The van der Waals surface area contributed by atoms with Crippen molar-refractivity contribution < 1.29 is 28.7 Å². The zero-order chi connectivity index (χ0) is 29.6. The van der Waals surface area contributed by atoms with Gasteiger partial charge in [0.15, 0.2) is 0 Å². The quantitative estimate of drug-likeness (QED) is 0.191. The van der Waals surface area contributed by atoms with Crippen molar-refractivity contribution >= 4 is 52.4 Å². The lowest BCUT2D eigenvalue weighted by Gasteiger charge is -2.15. The lowest BCUT2D eigenvalue weighted by Crippen LogP contribution is -2.32. The number of benzene rings is 4. The number of carbonyl (C=O) groups is 4. The van der Waals surface area contributed by atoms with Gasteiger partial charge in [-0.2, -0.15) is 0 Å². The van der Waals surface area contributed by atoms with E-state index in [-0.39, 0.29) is 27.9 Å². The monoisotopic (exact) mass is 581 g/mol. The Morgan fingerprint density at radius 1 is 0.762 bits per heavy atom. The second-order valence-corrected chi connectivity index (χ2v) is 9.51. The van der Waals surface area contributed by atoms with E-state index in [0.29, 0.717) is 29.3 Å². The summed E-state index contributed by atoms with van der Waals surface area (Å²) in [5.74, 6) is -1.56. The minimum Gasteiger partial charge on any atom is -0.489 e. The van der Waals surface area contributed by atoms with E-state index in [1.165, 1.54) is 31.4 Å². The predicted octanol–water partition coefficient (Wildman–Crippen LogP) is 5.74. The third kappa shape index (κ3) is 6.16. The molecule has 0 saturated carbocycles. The van der Waals surface area contributed by atoms with Gasteiger partial charge in [0.1, 0.15) is 23.1 Å². The number of halogens is 1. The maximum Gasteiger partial charge on any atom is 0.337 e. The first kappa shape index (κ1) is 28.1. The average Bonchev–Trinajstić information content (AvgIpc) is 3.23. The number of imide groups is 1. The van der Waals surface area contributed by atoms with Crippen LogP contribution in [0, 0.1) is 0 Å². The summed E-state index contributed by atoms with van der Waals surface area (Å²) in [4.78, 5) is 51.2. The van der Waals surface area contributed by atoms with E-state index < -0.39 is 17.8 Å². The number of nitrogens with zero attached hydrogens (tertiary/aromatic N) is 1. The van der Waals surface area contributed by atoms with Crippen LogP contribution in [-0.2, 0) is 20.9 Å². The minimum absolute atomic E-state index is 0.106. The largest absolute Gasteiger partial charge is 0.489 e. The van der Waals surface area contributed by atoms with Crippen molar-refractivity contribution in [2.75, 3.05) is 22.6 Å². The number of esters is 1. The van der Waals surface area contributed by atoms with Gasteiger partial charge in [-0.25, -0.2) is 9.69 Å². The second kappa shape index (κ2) is 12.4. The van der Waals surface area contributed by atoms with Crippen LogP contribution in [0.15, 0.2) is 114 Å². The Bertz CT molecular complexity index is 1670. The first-order chi connectivity index (χ1) is 20.3. The molecule has 0 radical (unpaired) electrons. The van der Waals surface area contributed by atoms with Gasteiger partial charge in [0.2, 0.25) is 0 Å². The molecule has 5 rings (SSSR count). The van der Waals surface area contributed by atoms with E-state index in [1.54, 1.807) is 48.5 Å². The minimum atomic E-state index is -0.706. The number of hydrogen-bond acceptors (Lipinski definition) is 7. The Morgan fingerprint density at radius 2 is 1.38 bits per heavy atom. The molecule has 1 heterocycles. The first-order valence-corrected chi connectivity index (χ1v) is 13.1. The summed E-state index contributed by atoms with van der Waals surface area (Å²) in [6, 6.07) is 29.0. The summed E-state index contributed by atoms with van der Waals surface area (Å²) in [6.07, 6.45) is 0. The molecule has 10 heteroatoms. The molecule has 210 valence electrons. The van der Waals surface area contributed by atoms with Crippen molar-refractivity contribution in [3.05, 3.63) is 131 Å². The molecular formula is C32H24ClN3O6. The van der Waals surface area contributed by atoms with Gasteiger partial charge in [-0.1, -0.05) is 41.9 Å². The number of rotatable bonds is 9. The molecule has 0 atom stereocenters. The van der Waals surface area contributed by atoms with Gasteiger partial charge in [0, 0.05) is 16.9 Å². The summed E-state index contributed by atoms with van der Waals surface area (Å²) in [5.41, 5.74) is 2.89. The van der Waals surface area contributed by atoms with Gasteiger partial charge in [-0.05, 0) is 78.4 Å². The van der Waals surface area contributed by atoms with Crippen LogP contribution >= 0.6 is 11.6 Å². The van der Waals surface area contributed by atoms with Crippen molar-refractivity contribution in [3.63, 3.8) is 0 Å². The molecule has 1 aliphatic rings. The van der Waals surface area contributed by atoms with E-state index in [2.05, 4.69) is 15.4 Å². The van der Waals surface area contributed by atoms with Crippen molar-refractivity contribution in [2.45, 2.75) is 6.61 Å². The molecule has 2 N–H and O–H groups in total. The fourth-order valence-electron chi connectivity index (χ4n) is 4.14. The summed E-state index contributed by atoms with van der Waals surface area (Å²) in [5, 5.41) is 5.42. The highest BCUT2D eigenvalue weighted by Gasteiger charge is 2.39. The van der Waals surface area contributed by atoms with E-state index >= 15 is 0 Å². The number of methoxy groups -OCH3 is 1. The first-order valence-electron chi connectivity index (χ1n) is 12.8. The molecular weight excluding hydrogens is 558 g/mol. The molecule has 1 aliphatic heterocycles. The summed E-state index contributed by atoms with van der Waals surface area (Å²) in [7, 11) is 1.26. The molecule has 4 aromatic carbocycles. The van der Waals surface area contributed by atoms with Gasteiger partial charge in [-0.15, -0.1) is 0 Å². The lowest BCUT2D eigenvalue weighted by atomic mass is 10.2. The fourth-order valence-corrected chi connectivity index (χ4v) is 4.35. The van der Waals surface area contributed by atoms with E-state index in [9.17, 15) is 19.2 Å². The van der Waals surface area contributed by atoms with E-state index in [4.69, 9.17) is 16.3 Å². The van der Waals surface area contributed by atoms with Crippen LogP contribution in [0.25, 0.3) is 0 Å². The second-order valence-electron chi connectivity index (χ2n) is 9.13. The van der Waals surface area contributed by atoms with Crippen LogP contribution in [-0.4, -0.2) is 30.8 Å². The molecule has 42 heavy (non-hydrogen) atoms. The Balaban J connectivity index is 1.19. The van der Waals surface area contributed by atoms with Crippen LogP contribution in [0.2, 0.25) is 0 Å². The summed E-state index contributed by atoms with van der Waals surface area (Å²) >= 11 is 6.21. The van der Waals surface area contributed by atoms with Gasteiger partial charge in [0.05, 0.1) is 18.4 Å². The van der Waals surface area contributed by atoms with Gasteiger partial charge in [-0.3, -0.25) is 14.4 Å². The zero-order valence-electron chi connectivity index (χ0n) is 22.3. The zero-order valence-corrected chi connectivity index (χ0v) is 23.1. The molecule has 0 bridgehead atoms. The molecule has 0 spiro atoms. The van der Waals surface area contributed by atoms with Crippen molar-refractivity contribution in [2.24, 2.45) is 0 Å². The van der Waals surface area contributed by atoms with E-state index in [0.717, 1.165) is 10.5 Å². The van der Waals surface area contributed by atoms with Gasteiger partial charge < -0.3 is 20.1 Å². The van der Waals surface area contributed by atoms with Gasteiger partial charge >= 0.3 is 5.97 Å².